The van der Waals surface area contributed by atoms with E-state index in [1.54, 1.807) is 6.07 Å². The molecule has 0 spiro atoms. The third kappa shape index (κ3) is 6.29. The van der Waals surface area contributed by atoms with Crippen LogP contribution in [-0.2, 0) is 22.6 Å². The van der Waals surface area contributed by atoms with E-state index in [0.29, 0.717) is 13.0 Å². The van der Waals surface area contributed by atoms with Gasteiger partial charge in [-0.3, -0.25) is 9.59 Å². The van der Waals surface area contributed by atoms with Crippen molar-refractivity contribution in [2.24, 2.45) is 0 Å². The summed E-state index contributed by atoms with van der Waals surface area (Å²) in [6.07, 6.45) is 1.06. The first-order valence-electron chi connectivity index (χ1n) is 9.92. The van der Waals surface area contributed by atoms with Crippen LogP contribution in [0, 0.1) is 12.7 Å². The number of rotatable bonds is 9. The van der Waals surface area contributed by atoms with Gasteiger partial charge in [0.15, 0.2) is 0 Å². The van der Waals surface area contributed by atoms with Gasteiger partial charge in [0.1, 0.15) is 11.9 Å². The van der Waals surface area contributed by atoms with Crippen molar-refractivity contribution in [1.29, 1.82) is 0 Å². The van der Waals surface area contributed by atoms with Crippen LogP contribution < -0.4 is 5.32 Å². The van der Waals surface area contributed by atoms with Crippen LogP contribution in [0.2, 0.25) is 5.02 Å². The molecular formula is C23H28ClFN2O2. The number of carbonyl (C=O) groups is 2. The van der Waals surface area contributed by atoms with Gasteiger partial charge in [-0.25, -0.2) is 4.39 Å². The van der Waals surface area contributed by atoms with Gasteiger partial charge in [0.2, 0.25) is 11.8 Å². The molecule has 2 rings (SSSR count). The zero-order valence-electron chi connectivity index (χ0n) is 17.2. The van der Waals surface area contributed by atoms with Gasteiger partial charge in [-0.05, 0) is 37.5 Å². The highest BCUT2D eigenvalue weighted by Crippen LogP contribution is 2.22. The monoisotopic (exact) mass is 418 g/mol. The lowest BCUT2D eigenvalue weighted by Crippen LogP contribution is -2.49. The summed E-state index contributed by atoms with van der Waals surface area (Å²) >= 11 is 6.11. The van der Waals surface area contributed by atoms with Crippen molar-refractivity contribution in [2.75, 3.05) is 6.54 Å². The first-order chi connectivity index (χ1) is 13.9. The molecule has 1 N–H and O–H groups in total. The van der Waals surface area contributed by atoms with Gasteiger partial charge < -0.3 is 10.2 Å². The van der Waals surface area contributed by atoms with Crippen LogP contribution in [0.5, 0.6) is 0 Å². The van der Waals surface area contributed by atoms with Gasteiger partial charge in [-0.2, -0.15) is 0 Å². The molecule has 0 fully saturated rings. The summed E-state index contributed by atoms with van der Waals surface area (Å²) in [6.45, 7) is 6.62. The smallest absolute Gasteiger partial charge is 0.242 e. The summed E-state index contributed by atoms with van der Waals surface area (Å²) in [4.78, 5) is 27.5. The second kappa shape index (κ2) is 11.0. The van der Waals surface area contributed by atoms with Crippen molar-refractivity contribution in [1.82, 2.24) is 10.2 Å². The van der Waals surface area contributed by atoms with Gasteiger partial charge in [-0.15, -0.1) is 0 Å². The Labute approximate surface area is 177 Å². The largest absolute Gasteiger partial charge is 0.354 e. The zero-order chi connectivity index (χ0) is 21.4. The zero-order valence-corrected chi connectivity index (χ0v) is 17.9. The normalized spacial score (nSPS) is 11.8. The van der Waals surface area contributed by atoms with Crippen LogP contribution in [-0.4, -0.2) is 29.3 Å². The van der Waals surface area contributed by atoms with Gasteiger partial charge in [0.25, 0.3) is 0 Å². The third-order valence-electron chi connectivity index (χ3n) is 4.76. The molecule has 6 heteroatoms. The molecule has 0 aromatic heterocycles. The van der Waals surface area contributed by atoms with E-state index < -0.39 is 11.9 Å². The number of benzene rings is 2. The average molecular weight is 419 g/mol. The van der Waals surface area contributed by atoms with Crippen molar-refractivity contribution in [3.8, 4) is 0 Å². The molecule has 4 nitrogen and oxygen atoms in total. The number of nitrogens with one attached hydrogen (secondary N) is 1. The summed E-state index contributed by atoms with van der Waals surface area (Å²) in [5.74, 6) is -1.06. The van der Waals surface area contributed by atoms with Crippen molar-refractivity contribution in [2.45, 2.75) is 52.6 Å². The quantitative estimate of drug-likeness (QED) is 0.643. The molecule has 2 aromatic rings. The second-order valence-electron chi connectivity index (χ2n) is 7.10. The number of carbonyl (C=O) groups excluding carboxylic acids is 2. The van der Waals surface area contributed by atoms with E-state index in [-0.39, 0.29) is 35.4 Å². The molecule has 2 amide bonds. The first kappa shape index (κ1) is 22.9. The van der Waals surface area contributed by atoms with E-state index in [1.807, 2.05) is 45.0 Å². The van der Waals surface area contributed by atoms with E-state index in [4.69, 9.17) is 11.6 Å². The molecule has 0 unspecified atom stereocenters. The number of aryl methyl sites for hydroxylation is 1. The minimum Gasteiger partial charge on any atom is -0.354 e. The minimum atomic E-state index is -0.639. The maximum Gasteiger partial charge on any atom is 0.242 e. The summed E-state index contributed by atoms with van der Waals surface area (Å²) in [5, 5.41) is 3.08. The van der Waals surface area contributed by atoms with Crippen LogP contribution in [0.15, 0.2) is 42.5 Å². The number of hydrogen-bond acceptors (Lipinski definition) is 2. The number of halogens is 2. The predicted octanol–water partition coefficient (Wildman–Crippen LogP) is 4.66. The van der Waals surface area contributed by atoms with E-state index in [2.05, 4.69) is 5.32 Å². The van der Waals surface area contributed by atoms with E-state index >= 15 is 0 Å². The average Bonchev–Trinajstić information content (AvgIpc) is 2.69. The molecule has 0 aliphatic carbocycles. The van der Waals surface area contributed by atoms with Crippen molar-refractivity contribution < 1.29 is 14.0 Å². The van der Waals surface area contributed by atoms with Crippen LogP contribution in [0.3, 0.4) is 0 Å². The van der Waals surface area contributed by atoms with Crippen molar-refractivity contribution in [3.63, 3.8) is 0 Å². The van der Waals surface area contributed by atoms with Gasteiger partial charge in [-0.1, -0.05) is 61.3 Å². The number of nitrogens with zero attached hydrogens (tertiary/aromatic N) is 1. The summed E-state index contributed by atoms with van der Waals surface area (Å²) < 4.78 is 14.2. The number of amides is 2. The van der Waals surface area contributed by atoms with Crippen LogP contribution in [0.1, 0.15) is 43.4 Å². The van der Waals surface area contributed by atoms with Crippen molar-refractivity contribution >= 4 is 23.4 Å². The lowest BCUT2D eigenvalue weighted by molar-refractivity contribution is -0.141. The second-order valence-corrected chi connectivity index (χ2v) is 7.51. The van der Waals surface area contributed by atoms with Gasteiger partial charge in [0.05, 0.1) is 6.42 Å². The fourth-order valence-corrected chi connectivity index (χ4v) is 3.48. The summed E-state index contributed by atoms with van der Waals surface area (Å²) in [7, 11) is 0. The van der Waals surface area contributed by atoms with Crippen molar-refractivity contribution in [3.05, 3.63) is 70.0 Å². The topological polar surface area (TPSA) is 49.4 Å². The Morgan fingerprint density at radius 3 is 2.52 bits per heavy atom. The van der Waals surface area contributed by atoms with Crippen LogP contribution >= 0.6 is 11.6 Å². The standard InChI is InChI=1S/C23H28ClFN2O2/c1-4-12-26-23(29)21(5-2)27(15-17-9-6-8-16(3)13-17)22(28)14-18-19(24)10-7-11-20(18)25/h6-11,13,21H,4-5,12,14-15H2,1-3H3,(H,26,29)/t21-/m0/s1. The fraction of sp³-hybridized carbons (Fsp3) is 0.391. The Kier molecular flexibility index (Phi) is 8.65. The summed E-state index contributed by atoms with van der Waals surface area (Å²) in [5.41, 5.74) is 2.13. The Balaban J connectivity index is 2.33. The maximum absolute atomic E-state index is 14.2. The molecular weight excluding hydrogens is 391 g/mol. The molecule has 0 heterocycles. The SMILES string of the molecule is CCCNC(=O)[C@H](CC)N(Cc1cccc(C)c1)C(=O)Cc1c(F)cccc1Cl. The Hall–Kier alpha value is -2.40. The van der Waals surface area contributed by atoms with E-state index in [9.17, 15) is 14.0 Å². The third-order valence-corrected chi connectivity index (χ3v) is 5.11. The molecule has 0 aliphatic heterocycles. The Bertz CT molecular complexity index is 836. The number of hydrogen-bond donors (Lipinski definition) is 1. The van der Waals surface area contributed by atoms with Crippen LogP contribution in [0.25, 0.3) is 0 Å². The highest BCUT2D eigenvalue weighted by Gasteiger charge is 2.29. The fourth-order valence-electron chi connectivity index (χ4n) is 3.25. The summed E-state index contributed by atoms with van der Waals surface area (Å²) in [6, 6.07) is 11.5. The van der Waals surface area contributed by atoms with Crippen LogP contribution in [0.4, 0.5) is 4.39 Å². The molecule has 0 aliphatic rings. The molecule has 0 saturated carbocycles. The highest BCUT2D eigenvalue weighted by molar-refractivity contribution is 6.31. The highest BCUT2D eigenvalue weighted by atomic mass is 35.5. The molecule has 156 valence electrons. The van der Waals surface area contributed by atoms with Gasteiger partial charge >= 0.3 is 0 Å². The Morgan fingerprint density at radius 1 is 1.17 bits per heavy atom. The predicted molar refractivity (Wildman–Crippen MR) is 114 cm³/mol. The molecule has 29 heavy (non-hydrogen) atoms. The molecule has 2 aromatic carbocycles. The molecule has 0 saturated heterocycles. The Morgan fingerprint density at radius 2 is 1.90 bits per heavy atom. The first-order valence-corrected chi connectivity index (χ1v) is 10.3. The lowest BCUT2D eigenvalue weighted by atomic mass is 10.1. The molecule has 1 atom stereocenters. The lowest BCUT2D eigenvalue weighted by Gasteiger charge is -2.31. The van der Waals surface area contributed by atoms with E-state index in [0.717, 1.165) is 17.5 Å². The van der Waals surface area contributed by atoms with Gasteiger partial charge in [0, 0.05) is 23.7 Å². The molecule has 0 bridgehead atoms. The maximum atomic E-state index is 14.2. The molecule has 0 radical (unpaired) electrons. The minimum absolute atomic E-state index is 0.150. The van der Waals surface area contributed by atoms with E-state index in [1.165, 1.54) is 17.0 Å².